The van der Waals surface area contributed by atoms with Crippen LogP contribution in [0, 0.1) is 18.8 Å². The van der Waals surface area contributed by atoms with Crippen LogP contribution in [-0.4, -0.2) is 34.9 Å². The van der Waals surface area contributed by atoms with Crippen LogP contribution in [0.15, 0.2) is 77.9 Å². The van der Waals surface area contributed by atoms with Gasteiger partial charge in [-0.25, -0.2) is 4.90 Å². The predicted molar refractivity (Wildman–Crippen MR) is 129 cm³/mol. The highest BCUT2D eigenvalue weighted by molar-refractivity contribution is 6.30. The molecule has 0 bridgehead atoms. The maximum absolute atomic E-state index is 13.8. The van der Waals surface area contributed by atoms with Crippen molar-refractivity contribution in [2.45, 2.75) is 19.0 Å². The zero-order valence-electron chi connectivity index (χ0n) is 18.3. The molecular formula is C27H20ClN3O3. The van der Waals surface area contributed by atoms with E-state index in [0.29, 0.717) is 16.3 Å². The predicted octanol–water partition coefficient (Wildman–Crippen LogP) is 4.41. The lowest BCUT2D eigenvalue weighted by Crippen LogP contribution is -2.44. The number of imide groups is 1. The monoisotopic (exact) mass is 469 g/mol. The number of nitrogens with zero attached hydrogens (tertiary/aromatic N) is 3. The fourth-order valence-corrected chi connectivity index (χ4v) is 5.53. The molecule has 0 radical (unpaired) electrons. The topological polar surface area (TPSA) is 70.1 Å². The van der Waals surface area contributed by atoms with E-state index in [9.17, 15) is 14.4 Å². The Labute approximate surface area is 201 Å². The largest absolute Gasteiger partial charge is 0.292 e. The second-order valence-corrected chi connectivity index (χ2v) is 9.35. The zero-order chi connectivity index (χ0) is 23.6. The molecule has 34 heavy (non-hydrogen) atoms. The Balaban J connectivity index is 1.49. The van der Waals surface area contributed by atoms with Crippen molar-refractivity contribution >= 4 is 41.1 Å². The van der Waals surface area contributed by atoms with Gasteiger partial charge in [-0.15, -0.1) is 0 Å². The standard InChI is InChI=1S/C27H20ClN3O3/c1-15-6-12-19(13-7-15)30-26(33)21-22(27(30)34)24(25(32)16-8-10-18(28)11-9-16)31-23(21)20-5-3-2-4-17(20)14-29-31/h2-14,21-24H,1H3/t21-,22-,23-,24+/m1/s1. The molecule has 7 heteroatoms. The van der Waals surface area contributed by atoms with Crippen LogP contribution in [0.25, 0.3) is 0 Å². The highest BCUT2D eigenvalue weighted by atomic mass is 35.5. The van der Waals surface area contributed by atoms with E-state index in [1.165, 1.54) is 4.90 Å². The molecule has 3 aromatic carbocycles. The van der Waals surface area contributed by atoms with Gasteiger partial charge in [-0.1, -0.05) is 53.6 Å². The smallest absolute Gasteiger partial charge is 0.240 e. The van der Waals surface area contributed by atoms with Crippen LogP contribution < -0.4 is 4.90 Å². The first-order valence-electron chi connectivity index (χ1n) is 11.1. The minimum absolute atomic E-state index is 0.252. The normalized spacial score (nSPS) is 24.8. The summed E-state index contributed by atoms with van der Waals surface area (Å²) in [4.78, 5) is 42.6. The summed E-state index contributed by atoms with van der Waals surface area (Å²) < 4.78 is 0. The molecule has 0 N–H and O–H groups in total. The number of Topliss-reactive ketones (excluding diaryl/α,β-unsaturated/α-hetero) is 1. The molecule has 3 aromatic rings. The maximum Gasteiger partial charge on any atom is 0.240 e. The van der Waals surface area contributed by atoms with Crippen LogP contribution in [0.4, 0.5) is 5.69 Å². The number of fused-ring (bicyclic) bond motifs is 5. The van der Waals surface area contributed by atoms with E-state index in [4.69, 9.17) is 11.6 Å². The molecule has 2 amide bonds. The van der Waals surface area contributed by atoms with Crippen LogP contribution in [0.1, 0.15) is 33.1 Å². The van der Waals surface area contributed by atoms with Gasteiger partial charge in [-0.2, -0.15) is 5.10 Å². The number of hydrogen-bond donors (Lipinski definition) is 0. The lowest BCUT2D eigenvalue weighted by molar-refractivity contribution is -0.124. The third-order valence-corrected chi connectivity index (χ3v) is 7.23. The number of carbonyl (C=O) groups excluding carboxylic acids is 3. The molecule has 6 rings (SSSR count). The Hall–Kier alpha value is -3.77. The number of halogens is 1. The minimum atomic E-state index is -0.896. The first kappa shape index (κ1) is 20.8. The highest BCUT2D eigenvalue weighted by Gasteiger charge is 2.65. The number of hydrogen-bond acceptors (Lipinski definition) is 5. The van der Waals surface area contributed by atoms with Gasteiger partial charge in [-0.3, -0.25) is 19.4 Å². The summed E-state index contributed by atoms with van der Waals surface area (Å²) in [5.74, 6) is -2.48. The van der Waals surface area contributed by atoms with Gasteiger partial charge in [-0.05, 0) is 54.4 Å². The summed E-state index contributed by atoms with van der Waals surface area (Å²) >= 11 is 6.02. The summed E-state index contributed by atoms with van der Waals surface area (Å²) in [6.45, 7) is 1.95. The van der Waals surface area contributed by atoms with E-state index in [-0.39, 0.29) is 17.6 Å². The number of benzene rings is 3. The lowest BCUT2D eigenvalue weighted by Gasteiger charge is -2.33. The summed E-state index contributed by atoms with van der Waals surface area (Å²) in [7, 11) is 0. The average Bonchev–Trinajstić information content (AvgIpc) is 3.32. The average molecular weight is 470 g/mol. The van der Waals surface area contributed by atoms with Crippen LogP contribution in [0.3, 0.4) is 0 Å². The number of anilines is 1. The molecule has 0 aromatic heterocycles. The quantitative estimate of drug-likeness (QED) is 0.421. The van der Waals surface area contributed by atoms with Gasteiger partial charge in [0.2, 0.25) is 11.8 Å². The molecule has 0 unspecified atom stereocenters. The Morgan fingerprint density at radius 2 is 1.56 bits per heavy atom. The van der Waals surface area contributed by atoms with Crippen molar-refractivity contribution in [2.24, 2.45) is 16.9 Å². The van der Waals surface area contributed by atoms with Crippen molar-refractivity contribution in [3.63, 3.8) is 0 Å². The van der Waals surface area contributed by atoms with Crippen molar-refractivity contribution in [1.29, 1.82) is 0 Å². The van der Waals surface area contributed by atoms with E-state index in [1.807, 2.05) is 43.3 Å². The maximum atomic E-state index is 13.8. The first-order valence-corrected chi connectivity index (χ1v) is 11.5. The molecule has 6 nitrogen and oxygen atoms in total. The Morgan fingerprint density at radius 3 is 2.29 bits per heavy atom. The molecule has 168 valence electrons. The van der Waals surface area contributed by atoms with Crippen LogP contribution in [0.2, 0.25) is 5.02 Å². The summed E-state index contributed by atoms with van der Waals surface area (Å²) in [5, 5.41) is 6.76. The SMILES string of the molecule is Cc1ccc(N2C(=O)[C@@H]3[C@@H](C2=O)[C@H]2c4ccccc4C=NN2[C@@H]3C(=O)c2ccc(Cl)cc2)cc1. The third kappa shape index (κ3) is 2.95. The molecule has 3 aliphatic rings. The molecule has 4 atom stereocenters. The first-order chi connectivity index (χ1) is 16.5. The molecule has 0 aliphatic carbocycles. The number of amides is 2. The Morgan fingerprint density at radius 1 is 0.882 bits per heavy atom. The van der Waals surface area contributed by atoms with Crippen LogP contribution in [-0.2, 0) is 9.59 Å². The molecule has 0 saturated carbocycles. The molecule has 2 fully saturated rings. The van der Waals surface area contributed by atoms with Crippen molar-refractivity contribution < 1.29 is 14.4 Å². The summed E-state index contributed by atoms with van der Waals surface area (Å²) in [6.07, 6.45) is 1.70. The third-order valence-electron chi connectivity index (χ3n) is 6.98. The van der Waals surface area contributed by atoms with E-state index in [2.05, 4.69) is 5.10 Å². The number of rotatable bonds is 3. The number of hydrazone groups is 1. The fraction of sp³-hybridized carbons (Fsp3) is 0.185. The van der Waals surface area contributed by atoms with Gasteiger partial charge in [0.15, 0.2) is 5.78 Å². The second-order valence-electron chi connectivity index (χ2n) is 8.91. The lowest BCUT2D eigenvalue weighted by atomic mass is 9.83. The zero-order valence-corrected chi connectivity index (χ0v) is 19.0. The number of aryl methyl sites for hydroxylation is 1. The van der Waals surface area contributed by atoms with Crippen molar-refractivity contribution in [3.05, 3.63) is 100 Å². The Kier molecular flexibility index (Phi) is 4.67. The van der Waals surface area contributed by atoms with Gasteiger partial charge < -0.3 is 0 Å². The van der Waals surface area contributed by atoms with Crippen LogP contribution in [0.5, 0.6) is 0 Å². The van der Waals surface area contributed by atoms with Gasteiger partial charge in [0.1, 0.15) is 6.04 Å². The van der Waals surface area contributed by atoms with Crippen molar-refractivity contribution in [3.8, 4) is 0 Å². The molecular weight excluding hydrogens is 450 g/mol. The second kappa shape index (κ2) is 7.64. The fourth-order valence-electron chi connectivity index (χ4n) is 5.40. The minimum Gasteiger partial charge on any atom is -0.292 e. The van der Waals surface area contributed by atoms with E-state index in [1.54, 1.807) is 47.6 Å². The van der Waals surface area contributed by atoms with Gasteiger partial charge in [0.05, 0.1) is 29.8 Å². The van der Waals surface area contributed by atoms with Gasteiger partial charge >= 0.3 is 0 Å². The Bertz CT molecular complexity index is 1370. The van der Waals surface area contributed by atoms with Crippen molar-refractivity contribution in [1.82, 2.24) is 5.01 Å². The van der Waals surface area contributed by atoms with Gasteiger partial charge in [0.25, 0.3) is 0 Å². The van der Waals surface area contributed by atoms with E-state index in [0.717, 1.165) is 16.7 Å². The molecule has 0 spiro atoms. The van der Waals surface area contributed by atoms with E-state index >= 15 is 0 Å². The number of carbonyl (C=O) groups is 3. The molecule has 3 aliphatic heterocycles. The molecule has 3 heterocycles. The number of ketones is 1. The summed E-state index contributed by atoms with van der Waals surface area (Å²) in [5.41, 5.74) is 3.76. The van der Waals surface area contributed by atoms with E-state index < -0.39 is 23.9 Å². The summed E-state index contributed by atoms with van der Waals surface area (Å²) in [6, 6.07) is 20.1. The molecule has 2 saturated heterocycles. The van der Waals surface area contributed by atoms with Crippen LogP contribution >= 0.6 is 11.6 Å². The van der Waals surface area contributed by atoms with Crippen molar-refractivity contribution in [2.75, 3.05) is 4.90 Å². The van der Waals surface area contributed by atoms with Gasteiger partial charge in [0, 0.05) is 10.6 Å². The highest BCUT2D eigenvalue weighted by Crippen LogP contribution is 2.53.